The van der Waals surface area contributed by atoms with Crippen molar-refractivity contribution in [2.75, 3.05) is 13.2 Å². The maximum atomic E-state index is 5.54. The fraction of sp³-hybridized carbons (Fsp3) is 1.00. The van der Waals surface area contributed by atoms with Gasteiger partial charge in [-0.25, -0.2) is 0 Å². The summed E-state index contributed by atoms with van der Waals surface area (Å²) in [7, 11) is 0. The molecule has 3 heteroatoms. The highest BCUT2D eigenvalue weighted by atomic mass is 16.5. The van der Waals surface area contributed by atoms with E-state index in [0.29, 0.717) is 12.1 Å². The van der Waals surface area contributed by atoms with Gasteiger partial charge in [-0.1, -0.05) is 0 Å². The predicted molar refractivity (Wildman–Crippen MR) is 45.9 cm³/mol. The molecule has 70 valence electrons. The molecule has 0 saturated carbocycles. The zero-order valence-electron chi connectivity index (χ0n) is 7.58. The minimum Gasteiger partial charge on any atom is -0.378 e. The van der Waals surface area contributed by atoms with Gasteiger partial charge in [0.25, 0.3) is 0 Å². The van der Waals surface area contributed by atoms with E-state index in [0.717, 1.165) is 19.6 Å². The molecule has 0 aromatic heterocycles. The van der Waals surface area contributed by atoms with Crippen molar-refractivity contribution in [2.24, 2.45) is 0 Å². The summed E-state index contributed by atoms with van der Waals surface area (Å²) in [6.07, 6.45) is 4.11. The first-order chi connectivity index (χ1) is 5.84. The second kappa shape index (κ2) is 3.73. The van der Waals surface area contributed by atoms with Crippen molar-refractivity contribution in [1.82, 2.24) is 5.32 Å². The summed E-state index contributed by atoms with van der Waals surface area (Å²) in [5.41, 5.74) is 0. The highest BCUT2D eigenvalue weighted by Crippen LogP contribution is 2.19. The lowest BCUT2D eigenvalue weighted by Gasteiger charge is -2.14. The molecule has 12 heavy (non-hydrogen) atoms. The molecule has 0 aromatic rings. The Balaban J connectivity index is 1.72. The Hall–Kier alpha value is -0.120. The van der Waals surface area contributed by atoms with E-state index in [1.165, 1.54) is 12.8 Å². The fourth-order valence-corrected chi connectivity index (χ4v) is 1.88. The summed E-state index contributed by atoms with van der Waals surface area (Å²) < 4.78 is 11.1. The van der Waals surface area contributed by atoms with Crippen molar-refractivity contribution in [1.29, 1.82) is 0 Å². The van der Waals surface area contributed by atoms with Crippen LogP contribution in [0.1, 0.15) is 26.2 Å². The van der Waals surface area contributed by atoms with E-state index in [1.807, 2.05) is 0 Å². The van der Waals surface area contributed by atoms with E-state index in [2.05, 4.69) is 12.2 Å². The van der Waals surface area contributed by atoms with Gasteiger partial charge in [0.2, 0.25) is 0 Å². The average molecular weight is 171 g/mol. The number of ether oxygens (including phenoxy) is 2. The quantitative estimate of drug-likeness (QED) is 0.669. The summed E-state index contributed by atoms with van der Waals surface area (Å²) in [5.74, 6) is 0. The summed E-state index contributed by atoms with van der Waals surface area (Å²) in [5, 5.41) is 3.38. The summed E-state index contributed by atoms with van der Waals surface area (Å²) >= 11 is 0. The molecule has 2 aliphatic rings. The van der Waals surface area contributed by atoms with Crippen LogP contribution in [0.3, 0.4) is 0 Å². The van der Waals surface area contributed by atoms with Crippen LogP contribution in [0.5, 0.6) is 0 Å². The second-order valence-electron chi connectivity index (χ2n) is 3.76. The maximum absolute atomic E-state index is 5.54. The van der Waals surface area contributed by atoms with Crippen LogP contribution in [0.2, 0.25) is 0 Å². The zero-order valence-corrected chi connectivity index (χ0v) is 7.58. The zero-order chi connectivity index (χ0) is 8.39. The van der Waals surface area contributed by atoms with Crippen LogP contribution in [-0.4, -0.2) is 31.6 Å². The van der Waals surface area contributed by atoms with Gasteiger partial charge in [0.1, 0.15) is 6.23 Å². The molecule has 2 aliphatic heterocycles. The minimum absolute atomic E-state index is 0.239. The van der Waals surface area contributed by atoms with Gasteiger partial charge in [-0.05, 0) is 19.8 Å². The number of rotatable bonds is 2. The molecular formula is C9H17NO2. The Morgan fingerprint density at radius 2 is 2.33 bits per heavy atom. The van der Waals surface area contributed by atoms with Crippen molar-refractivity contribution >= 4 is 0 Å². The number of nitrogens with one attached hydrogen (secondary N) is 1. The molecule has 2 heterocycles. The predicted octanol–water partition coefficient (Wildman–Crippen LogP) is 0.890. The molecule has 0 amide bonds. The topological polar surface area (TPSA) is 30.5 Å². The van der Waals surface area contributed by atoms with Crippen molar-refractivity contribution < 1.29 is 9.47 Å². The van der Waals surface area contributed by atoms with Crippen molar-refractivity contribution in [3.8, 4) is 0 Å². The molecule has 0 radical (unpaired) electrons. The third-order valence-corrected chi connectivity index (χ3v) is 2.52. The molecule has 2 saturated heterocycles. The van der Waals surface area contributed by atoms with Crippen LogP contribution in [0.15, 0.2) is 0 Å². The van der Waals surface area contributed by atoms with E-state index < -0.39 is 0 Å². The lowest BCUT2D eigenvalue weighted by Crippen LogP contribution is -2.31. The SMILES string of the molecule is CC1COC(CC2CCCO2)N1. The van der Waals surface area contributed by atoms with Crippen LogP contribution in [0.4, 0.5) is 0 Å². The minimum atomic E-state index is 0.239. The molecule has 3 nitrogen and oxygen atoms in total. The lowest BCUT2D eigenvalue weighted by molar-refractivity contribution is 0.0297. The molecular weight excluding hydrogens is 154 g/mol. The molecule has 0 bridgehead atoms. The van der Waals surface area contributed by atoms with Crippen LogP contribution in [0, 0.1) is 0 Å². The first-order valence-corrected chi connectivity index (χ1v) is 4.84. The van der Waals surface area contributed by atoms with Gasteiger partial charge < -0.3 is 9.47 Å². The van der Waals surface area contributed by atoms with Gasteiger partial charge in [-0.3, -0.25) is 5.32 Å². The Morgan fingerprint density at radius 3 is 2.92 bits per heavy atom. The van der Waals surface area contributed by atoms with Crippen LogP contribution < -0.4 is 5.32 Å². The van der Waals surface area contributed by atoms with Gasteiger partial charge in [0.05, 0.1) is 12.7 Å². The van der Waals surface area contributed by atoms with Crippen LogP contribution in [-0.2, 0) is 9.47 Å². The van der Waals surface area contributed by atoms with Crippen molar-refractivity contribution in [3.63, 3.8) is 0 Å². The van der Waals surface area contributed by atoms with Crippen molar-refractivity contribution in [2.45, 2.75) is 44.6 Å². The smallest absolute Gasteiger partial charge is 0.110 e. The van der Waals surface area contributed by atoms with Gasteiger partial charge in [0, 0.05) is 19.1 Å². The van der Waals surface area contributed by atoms with E-state index in [1.54, 1.807) is 0 Å². The first kappa shape index (κ1) is 8.48. The van der Waals surface area contributed by atoms with E-state index in [9.17, 15) is 0 Å². The van der Waals surface area contributed by atoms with Gasteiger partial charge in [0.15, 0.2) is 0 Å². The number of hydrogen-bond acceptors (Lipinski definition) is 3. The Labute approximate surface area is 73.4 Å². The van der Waals surface area contributed by atoms with Gasteiger partial charge in [-0.15, -0.1) is 0 Å². The average Bonchev–Trinajstić information content (AvgIpc) is 2.63. The fourth-order valence-electron chi connectivity index (χ4n) is 1.88. The summed E-state index contributed by atoms with van der Waals surface area (Å²) in [4.78, 5) is 0. The summed E-state index contributed by atoms with van der Waals surface area (Å²) in [6.45, 7) is 3.93. The normalized spacial score (nSPS) is 42.2. The van der Waals surface area contributed by atoms with Crippen LogP contribution >= 0.6 is 0 Å². The highest BCUT2D eigenvalue weighted by molar-refractivity contribution is 4.76. The molecule has 1 N–H and O–H groups in total. The number of hydrogen-bond donors (Lipinski definition) is 1. The Morgan fingerprint density at radius 1 is 1.42 bits per heavy atom. The molecule has 0 aromatic carbocycles. The third kappa shape index (κ3) is 1.97. The third-order valence-electron chi connectivity index (χ3n) is 2.52. The largest absolute Gasteiger partial charge is 0.378 e. The first-order valence-electron chi connectivity index (χ1n) is 4.84. The molecule has 2 rings (SSSR count). The lowest BCUT2D eigenvalue weighted by atomic mass is 10.1. The molecule has 3 atom stereocenters. The molecule has 0 spiro atoms. The monoisotopic (exact) mass is 171 g/mol. The Bertz CT molecular complexity index is 145. The van der Waals surface area contributed by atoms with E-state index in [-0.39, 0.29) is 6.23 Å². The molecule has 2 fully saturated rings. The van der Waals surface area contributed by atoms with E-state index in [4.69, 9.17) is 9.47 Å². The van der Waals surface area contributed by atoms with Crippen molar-refractivity contribution in [3.05, 3.63) is 0 Å². The van der Waals surface area contributed by atoms with Crippen LogP contribution in [0.25, 0.3) is 0 Å². The molecule has 3 unspecified atom stereocenters. The summed E-state index contributed by atoms with van der Waals surface area (Å²) in [6, 6.07) is 0.511. The van der Waals surface area contributed by atoms with Gasteiger partial charge in [-0.2, -0.15) is 0 Å². The van der Waals surface area contributed by atoms with E-state index >= 15 is 0 Å². The maximum Gasteiger partial charge on any atom is 0.110 e. The molecule has 0 aliphatic carbocycles. The highest BCUT2D eigenvalue weighted by Gasteiger charge is 2.26. The van der Waals surface area contributed by atoms with Gasteiger partial charge >= 0.3 is 0 Å². The Kier molecular flexibility index (Phi) is 2.63. The standard InChI is InChI=1S/C9H17NO2/c1-7-6-12-9(10-7)5-8-3-2-4-11-8/h7-10H,2-6H2,1H3. The second-order valence-corrected chi connectivity index (χ2v) is 3.76.